The SMILES string of the molecule is CCNC(=NCC1CC1)NCCc1ccc(OC)cc1Cl. The number of nitrogens with one attached hydrogen (secondary N) is 2. The van der Waals surface area contributed by atoms with Crippen LogP contribution in [0, 0.1) is 5.92 Å². The molecule has 1 aromatic carbocycles. The van der Waals surface area contributed by atoms with Crippen LogP contribution in [0.1, 0.15) is 25.3 Å². The van der Waals surface area contributed by atoms with Crippen LogP contribution in [0.4, 0.5) is 0 Å². The zero-order chi connectivity index (χ0) is 15.1. The molecular formula is C16H24ClN3O. The van der Waals surface area contributed by atoms with Gasteiger partial charge in [-0.25, -0.2) is 0 Å². The van der Waals surface area contributed by atoms with Gasteiger partial charge in [0.2, 0.25) is 0 Å². The van der Waals surface area contributed by atoms with Crippen LogP contribution >= 0.6 is 11.6 Å². The van der Waals surface area contributed by atoms with Gasteiger partial charge in [-0.2, -0.15) is 0 Å². The highest BCUT2D eigenvalue weighted by Gasteiger charge is 2.20. The summed E-state index contributed by atoms with van der Waals surface area (Å²) in [6.07, 6.45) is 3.51. The van der Waals surface area contributed by atoms with Crippen molar-refractivity contribution in [2.75, 3.05) is 26.7 Å². The molecule has 5 heteroatoms. The molecule has 1 fully saturated rings. The van der Waals surface area contributed by atoms with Crippen molar-refractivity contribution >= 4 is 17.6 Å². The van der Waals surface area contributed by atoms with Gasteiger partial charge in [0.25, 0.3) is 0 Å². The van der Waals surface area contributed by atoms with Crippen molar-refractivity contribution in [2.24, 2.45) is 10.9 Å². The molecule has 0 saturated heterocycles. The number of methoxy groups -OCH3 is 1. The quantitative estimate of drug-likeness (QED) is 0.601. The Bertz CT molecular complexity index is 486. The Balaban J connectivity index is 1.81. The van der Waals surface area contributed by atoms with E-state index >= 15 is 0 Å². The van der Waals surface area contributed by atoms with Gasteiger partial charge in [-0.05, 0) is 49.8 Å². The van der Waals surface area contributed by atoms with E-state index in [4.69, 9.17) is 16.3 Å². The Morgan fingerprint density at radius 3 is 2.81 bits per heavy atom. The second-order valence-corrected chi connectivity index (χ2v) is 5.70. The lowest BCUT2D eigenvalue weighted by molar-refractivity contribution is 0.414. The summed E-state index contributed by atoms with van der Waals surface area (Å²) in [4.78, 5) is 4.60. The first-order valence-electron chi connectivity index (χ1n) is 7.57. The second kappa shape index (κ2) is 8.13. The largest absolute Gasteiger partial charge is 0.497 e. The van der Waals surface area contributed by atoms with Crippen LogP contribution in [0.5, 0.6) is 5.75 Å². The van der Waals surface area contributed by atoms with Crippen molar-refractivity contribution in [1.29, 1.82) is 0 Å². The van der Waals surface area contributed by atoms with Crippen molar-refractivity contribution in [3.05, 3.63) is 28.8 Å². The van der Waals surface area contributed by atoms with Gasteiger partial charge in [-0.3, -0.25) is 4.99 Å². The van der Waals surface area contributed by atoms with E-state index in [2.05, 4.69) is 22.5 Å². The Labute approximate surface area is 131 Å². The number of aliphatic imine (C=N–C) groups is 1. The first-order chi connectivity index (χ1) is 10.2. The molecule has 116 valence electrons. The Hall–Kier alpha value is -1.42. The number of rotatable bonds is 7. The number of hydrogen-bond donors (Lipinski definition) is 2. The summed E-state index contributed by atoms with van der Waals surface area (Å²) in [6, 6.07) is 5.80. The van der Waals surface area contributed by atoms with Crippen molar-refractivity contribution in [3.8, 4) is 5.75 Å². The van der Waals surface area contributed by atoms with Crippen molar-refractivity contribution in [3.63, 3.8) is 0 Å². The topological polar surface area (TPSA) is 45.7 Å². The van der Waals surface area contributed by atoms with Crippen LogP contribution in [-0.4, -0.2) is 32.7 Å². The summed E-state index contributed by atoms with van der Waals surface area (Å²) in [5.74, 6) is 2.49. The molecule has 0 radical (unpaired) electrons. The van der Waals surface area contributed by atoms with E-state index in [0.29, 0.717) is 0 Å². The number of nitrogens with zero attached hydrogens (tertiary/aromatic N) is 1. The summed E-state index contributed by atoms with van der Waals surface area (Å²) in [5, 5.41) is 7.37. The van der Waals surface area contributed by atoms with Gasteiger partial charge in [0, 0.05) is 24.7 Å². The summed E-state index contributed by atoms with van der Waals surface area (Å²) in [6.45, 7) is 4.69. The van der Waals surface area contributed by atoms with Crippen molar-refractivity contribution in [2.45, 2.75) is 26.2 Å². The third-order valence-electron chi connectivity index (χ3n) is 3.50. The Kier molecular flexibility index (Phi) is 6.18. The first kappa shape index (κ1) is 16.0. The van der Waals surface area contributed by atoms with Crippen LogP contribution < -0.4 is 15.4 Å². The molecule has 2 rings (SSSR count). The number of halogens is 1. The van der Waals surface area contributed by atoms with E-state index in [1.807, 2.05) is 18.2 Å². The van der Waals surface area contributed by atoms with Gasteiger partial charge in [0.1, 0.15) is 5.75 Å². The maximum absolute atomic E-state index is 6.24. The second-order valence-electron chi connectivity index (χ2n) is 5.30. The van der Waals surface area contributed by atoms with Gasteiger partial charge in [-0.15, -0.1) is 0 Å². The van der Waals surface area contributed by atoms with Crippen LogP contribution in [0.2, 0.25) is 5.02 Å². The predicted molar refractivity (Wildman–Crippen MR) is 88.4 cm³/mol. The van der Waals surface area contributed by atoms with Crippen molar-refractivity contribution in [1.82, 2.24) is 10.6 Å². The smallest absolute Gasteiger partial charge is 0.191 e. The number of hydrogen-bond acceptors (Lipinski definition) is 2. The average Bonchev–Trinajstić information content (AvgIpc) is 3.30. The highest BCUT2D eigenvalue weighted by atomic mass is 35.5. The van der Waals surface area contributed by atoms with Gasteiger partial charge < -0.3 is 15.4 Å². The summed E-state index contributed by atoms with van der Waals surface area (Å²) < 4.78 is 5.16. The lowest BCUT2D eigenvalue weighted by Crippen LogP contribution is -2.38. The molecule has 1 aliphatic rings. The molecule has 0 amide bonds. The van der Waals surface area contributed by atoms with Crippen LogP contribution in [0.3, 0.4) is 0 Å². The molecule has 0 heterocycles. The van der Waals surface area contributed by atoms with Gasteiger partial charge in [0.05, 0.1) is 7.11 Å². The van der Waals surface area contributed by atoms with E-state index in [-0.39, 0.29) is 0 Å². The molecular weight excluding hydrogens is 286 g/mol. The van der Waals surface area contributed by atoms with Crippen LogP contribution in [0.25, 0.3) is 0 Å². The number of benzene rings is 1. The Morgan fingerprint density at radius 2 is 2.19 bits per heavy atom. The molecule has 1 aromatic rings. The van der Waals surface area contributed by atoms with Gasteiger partial charge in [-0.1, -0.05) is 17.7 Å². The average molecular weight is 310 g/mol. The molecule has 1 aliphatic carbocycles. The number of guanidine groups is 1. The normalized spacial score (nSPS) is 14.9. The highest BCUT2D eigenvalue weighted by Crippen LogP contribution is 2.28. The van der Waals surface area contributed by atoms with Gasteiger partial charge >= 0.3 is 0 Å². The first-order valence-corrected chi connectivity index (χ1v) is 7.95. The third kappa shape index (κ3) is 5.46. The zero-order valence-corrected chi connectivity index (χ0v) is 13.5. The molecule has 1 saturated carbocycles. The Morgan fingerprint density at radius 1 is 1.38 bits per heavy atom. The molecule has 0 atom stereocenters. The monoisotopic (exact) mass is 309 g/mol. The lowest BCUT2D eigenvalue weighted by Gasteiger charge is -2.12. The minimum Gasteiger partial charge on any atom is -0.497 e. The summed E-state index contributed by atoms with van der Waals surface area (Å²) >= 11 is 6.24. The minimum absolute atomic E-state index is 0.746. The molecule has 2 N–H and O–H groups in total. The van der Waals surface area contributed by atoms with Crippen LogP contribution in [0.15, 0.2) is 23.2 Å². The van der Waals surface area contributed by atoms with E-state index in [1.54, 1.807) is 7.11 Å². The zero-order valence-electron chi connectivity index (χ0n) is 12.8. The molecule has 21 heavy (non-hydrogen) atoms. The van der Waals surface area contributed by atoms with E-state index in [0.717, 1.165) is 54.3 Å². The molecule has 4 nitrogen and oxygen atoms in total. The standard InChI is InChI=1S/C16H24ClN3O/c1-3-18-16(20-11-12-4-5-12)19-9-8-13-6-7-14(21-2)10-15(13)17/h6-7,10,12H,3-5,8-9,11H2,1-2H3,(H2,18,19,20). The minimum atomic E-state index is 0.746. The molecule has 0 unspecified atom stereocenters. The van der Waals surface area contributed by atoms with Crippen molar-refractivity contribution < 1.29 is 4.74 Å². The third-order valence-corrected chi connectivity index (χ3v) is 3.85. The maximum Gasteiger partial charge on any atom is 0.191 e. The van der Waals surface area contributed by atoms with E-state index < -0.39 is 0 Å². The fourth-order valence-corrected chi connectivity index (χ4v) is 2.30. The highest BCUT2D eigenvalue weighted by molar-refractivity contribution is 6.31. The summed E-state index contributed by atoms with van der Waals surface area (Å²) in [7, 11) is 1.64. The predicted octanol–water partition coefficient (Wildman–Crippen LogP) is 2.86. The van der Waals surface area contributed by atoms with E-state index in [1.165, 1.54) is 12.8 Å². The maximum atomic E-state index is 6.24. The fourth-order valence-electron chi connectivity index (χ4n) is 2.04. The molecule has 0 bridgehead atoms. The van der Waals surface area contributed by atoms with Gasteiger partial charge in [0.15, 0.2) is 5.96 Å². The summed E-state index contributed by atoms with van der Waals surface area (Å²) in [5.41, 5.74) is 1.11. The number of ether oxygens (including phenoxy) is 1. The van der Waals surface area contributed by atoms with Crippen LogP contribution in [-0.2, 0) is 6.42 Å². The van der Waals surface area contributed by atoms with E-state index in [9.17, 15) is 0 Å². The molecule has 0 aliphatic heterocycles. The molecule has 0 aromatic heterocycles. The fraction of sp³-hybridized carbons (Fsp3) is 0.562. The lowest BCUT2D eigenvalue weighted by atomic mass is 10.1. The molecule has 0 spiro atoms.